The smallest absolute Gasteiger partial charge is 0.243 e. The first-order valence-corrected chi connectivity index (χ1v) is 12.0. The zero-order valence-electron chi connectivity index (χ0n) is 16.4. The molecular formula is C21H24N2O4S2. The minimum Gasteiger partial charge on any atom is -0.326 e. The number of rotatable bonds is 6. The number of amides is 1. The van der Waals surface area contributed by atoms with Gasteiger partial charge in [-0.3, -0.25) is 9.59 Å². The van der Waals surface area contributed by atoms with Crippen molar-refractivity contribution in [3.8, 4) is 0 Å². The van der Waals surface area contributed by atoms with Crippen LogP contribution in [0.25, 0.3) is 0 Å². The number of Topliss-reactive ketones (excluding diaryl/α,β-unsaturated/α-hetero) is 1. The number of ketones is 1. The maximum Gasteiger partial charge on any atom is 0.243 e. The van der Waals surface area contributed by atoms with Crippen molar-refractivity contribution in [3.05, 3.63) is 54.1 Å². The zero-order valence-corrected chi connectivity index (χ0v) is 18.1. The molecule has 0 bridgehead atoms. The van der Waals surface area contributed by atoms with Crippen molar-refractivity contribution in [3.63, 3.8) is 0 Å². The number of nitrogens with one attached hydrogen (secondary N) is 1. The van der Waals surface area contributed by atoms with Crippen LogP contribution < -0.4 is 5.32 Å². The molecule has 0 atom stereocenters. The van der Waals surface area contributed by atoms with Crippen LogP contribution in [0.5, 0.6) is 0 Å². The molecule has 0 aromatic heterocycles. The van der Waals surface area contributed by atoms with Crippen LogP contribution in [-0.4, -0.2) is 43.8 Å². The van der Waals surface area contributed by atoms with Crippen molar-refractivity contribution in [2.24, 2.45) is 5.92 Å². The Balaban J connectivity index is 1.62. The predicted molar refractivity (Wildman–Crippen MR) is 115 cm³/mol. The van der Waals surface area contributed by atoms with Gasteiger partial charge in [0.1, 0.15) is 0 Å². The van der Waals surface area contributed by atoms with E-state index in [4.69, 9.17) is 0 Å². The van der Waals surface area contributed by atoms with Gasteiger partial charge >= 0.3 is 0 Å². The number of sulfonamides is 1. The Hall–Kier alpha value is -2.16. The molecule has 0 unspecified atom stereocenters. The molecule has 0 saturated carbocycles. The lowest BCUT2D eigenvalue weighted by atomic mass is 9.97. The van der Waals surface area contributed by atoms with Crippen LogP contribution in [0.15, 0.2) is 58.3 Å². The van der Waals surface area contributed by atoms with Crippen LogP contribution in [0, 0.1) is 5.92 Å². The summed E-state index contributed by atoms with van der Waals surface area (Å²) in [7, 11) is -3.69. The summed E-state index contributed by atoms with van der Waals surface area (Å²) in [4.78, 5) is 25.3. The summed E-state index contributed by atoms with van der Waals surface area (Å²) in [6, 6.07) is 13.7. The minimum absolute atomic E-state index is 0.0856. The van der Waals surface area contributed by atoms with Crippen LogP contribution in [0.4, 0.5) is 5.69 Å². The van der Waals surface area contributed by atoms with Gasteiger partial charge in [-0.2, -0.15) is 4.31 Å². The molecule has 1 aliphatic rings. The van der Waals surface area contributed by atoms with Crippen molar-refractivity contribution < 1.29 is 18.0 Å². The molecule has 1 amide bonds. The highest BCUT2D eigenvalue weighted by Crippen LogP contribution is 2.26. The van der Waals surface area contributed by atoms with E-state index in [9.17, 15) is 18.0 Å². The normalized spacial score (nSPS) is 15.8. The monoisotopic (exact) mass is 432 g/mol. The van der Waals surface area contributed by atoms with Crippen molar-refractivity contribution in [2.45, 2.75) is 29.6 Å². The molecule has 29 heavy (non-hydrogen) atoms. The molecule has 2 aromatic rings. The van der Waals surface area contributed by atoms with Crippen LogP contribution in [0.1, 0.15) is 30.1 Å². The second kappa shape index (κ2) is 9.11. The van der Waals surface area contributed by atoms with Crippen LogP contribution in [0.3, 0.4) is 0 Å². The van der Waals surface area contributed by atoms with Gasteiger partial charge in [-0.25, -0.2) is 8.42 Å². The molecular weight excluding hydrogens is 408 g/mol. The van der Waals surface area contributed by atoms with Gasteiger partial charge in [0.05, 0.1) is 4.90 Å². The third kappa shape index (κ3) is 5.07. The van der Waals surface area contributed by atoms with Gasteiger partial charge in [0.15, 0.2) is 5.78 Å². The molecule has 1 fully saturated rings. The van der Waals surface area contributed by atoms with Gasteiger partial charge in [-0.15, -0.1) is 11.8 Å². The summed E-state index contributed by atoms with van der Waals surface area (Å²) in [6.45, 7) is 1.96. The van der Waals surface area contributed by atoms with Gasteiger partial charge < -0.3 is 5.32 Å². The molecule has 2 aromatic carbocycles. The number of nitrogens with zero attached hydrogens (tertiary/aromatic N) is 1. The van der Waals surface area contributed by atoms with Crippen LogP contribution >= 0.6 is 11.8 Å². The molecule has 1 N–H and O–H groups in total. The number of anilines is 1. The third-order valence-electron chi connectivity index (χ3n) is 5.06. The molecule has 0 aliphatic carbocycles. The fourth-order valence-corrected chi connectivity index (χ4v) is 5.23. The predicted octanol–water partition coefficient (Wildman–Crippen LogP) is 3.65. The molecule has 1 heterocycles. The first-order valence-electron chi connectivity index (χ1n) is 9.37. The summed E-state index contributed by atoms with van der Waals surface area (Å²) in [5.74, 6) is -0.495. The van der Waals surface area contributed by atoms with E-state index < -0.39 is 10.0 Å². The Kier molecular flexibility index (Phi) is 6.77. The van der Waals surface area contributed by atoms with E-state index in [0.717, 1.165) is 10.6 Å². The van der Waals surface area contributed by atoms with Crippen molar-refractivity contribution in [2.75, 3.05) is 24.7 Å². The molecule has 8 heteroatoms. The van der Waals surface area contributed by atoms with Crippen molar-refractivity contribution in [1.82, 2.24) is 4.31 Å². The summed E-state index contributed by atoms with van der Waals surface area (Å²) in [6.07, 6.45) is 2.91. The summed E-state index contributed by atoms with van der Waals surface area (Å²) in [5.41, 5.74) is 1.11. The molecule has 154 valence electrons. The van der Waals surface area contributed by atoms with Crippen molar-refractivity contribution in [1.29, 1.82) is 0 Å². The minimum atomic E-state index is -3.69. The highest BCUT2D eigenvalue weighted by molar-refractivity contribution is 7.98. The highest BCUT2D eigenvalue weighted by atomic mass is 32.2. The average Bonchev–Trinajstić information content (AvgIpc) is 2.74. The Bertz CT molecular complexity index is 996. The lowest BCUT2D eigenvalue weighted by Crippen LogP contribution is -2.41. The largest absolute Gasteiger partial charge is 0.326 e. The van der Waals surface area contributed by atoms with E-state index in [1.807, 2.05) is 30.5 Å². The second-order valence-electron chi connectivity index (χ2n) is 6.98. The van der Waals surface area contributed by atoms with Crippen LogP contribution in [0.2, 0.25) is 0 Å². The number of hydrogen-bond acceptors (Lipinski definition) is 5. The van der Waals surface area contributed by atoms with Gasteiger partial charge in [0, 0.05) is 35.2 Å². The Morgan fingerprint density at radius 3 is 2.31 bits per heavy atom. The Labute approximate surface area is 175 Å². The zero-order chi connectivity index (χ0) is 21.0. The average molecular weight is 433 g/mol. The quantitative estimate of drug-likeness (QED) is 0.556. The number of carbonyl (C=O) groups is 2. The first-order chi connectivity index (χ1) is 13.8. The number of piperidine rings is 1. The van der Waals surface area contributed by atoms with Crippen LogP contribution in [-0.2, 0) is 14.8 Å². The first kappa shape index (κ1) is 21.5. The lowest BCUT2D eigenvalue weighted by Gasteiger charge is -2.30. The maximum atomic E-state index is 12.9. The van der Waals surface area contributed by atoms with E-state index in [0.29, 0.717) is 18.4 Å². The molecule has 0 spiro atoms. The highest BCUT2D eigenvalue weighted by Gasteiger charge is 2.32. The van der Waals surface area contributed by atoms with Gasteiger partial charge in [-0.1, -0.05) is 12.1 Å². The van der Waals surface area contributed by atoms with Gasteiger partial charge in [0.25, 0.3) is 0 Å². The standard InChI is InChI=1S/C21H24N2O4S2/c1-15(24)17-4-3-5-20(14-17)29(26,27)23-12-10-16(11-13-23)21(25)22-18-6-8-19(28-2)9-7-18/h3-9,14,16H,10-13H2,1-2H3,(H,22,25). The Morgan fingerprint density at radius 1 is 1.07 bits per heavy atom. The van der Waals surface area contributed by atoms with E-state index in [1.54, 1.807) is 23.9 Å². The van der Waals surface area contributed by atoms with E-state index in [-0.39, 0.29) is 35.6 Å². The fraction of sp³-hybridized carbons (Fsp3) is 0.333. The Morgan fingerprint density at radius 2 is 1.72 bits per heavy atom. The fourth-order valence-electron chi connectivity index (χ4n) is 3.30. The topological polar surface area (TPSA) is 83.6 Å². The molecule has 0 radical (unpaired) electrons. The SMILES string of the molecule is CSc1ccc(NC(=O)C2CCN(S(=O)(=O)c3cccc(C(C)=O)c3)CC2)cc1. The molecule has 1 aliphatic heterocycles. The second-order valence-corrected chi connectivity index (χ2v) is 9.80. The molecule has 1 saturated heterocycles. The summed E-state index contributed by atoms with van der Waals surface area (Å²) >= 11 is 1.63. The number of thioether (sulfide) groups is 1. The third-order valence-corrected chi connectivity index (χ3v) is 7.70. The number of benzene rings is 2. The summed E-state index contributed by atoms with van der Waals surface area (Å²) < 4.78 is 27.2. The van der Waals surface area contributed by atoms with Crippen molar-refractivity contribution >= 4 is 39.2 Å². The lowest BCUT2D eigenvalue weighted by molar-refractivity contribution is -0.120. The number of carbonyl (C=O) groups excluding carboxylic acids is 2. The van der Waals surface area contributed by atoms with E-state index in [2.05, 4.69) is 5.32 Å². The summed E-state index contributed by atoms with van der Waals surface area (Å²) in [5, 5.41) is 2.91. The van der Waals surface area contributed by atoms with Gasteiger partial charge in [-0.05, 0) is 62.4 Å². The van der Waals surface area contributed by atoms with Gasteiger partial charge in [0.2, 0.25) is 15.9 Å². The number of hydrogen-bond donors (Lipinski definition) is 1. The molecule has 6 nitrogen and oxygen atoms in total. The van der Waals surface area contributed by atoms with E-state index >= 15 is 0 Å². The maximum absolute atomic E-state index is 12.9. The molecule has 3 rings (SSSR count). The van der Waals surface area contributed by atoms with E-state index in [1.165, 1.54) is 23.4 Å².